The third-order valence-corrected chi connectivity index (χ3v) is 3.54. The first-order valence-electron chi connectivity index (χ1n) is 6.64. The molecule has 2 aromatic carbocycles. The summed E-state index contributed by atoms with van der Waals surface area (Å²) in [6, 6.07) is 17.8. The van der Waals surface area contributed by atoms with Crippen molar-refractivity contribution in [3.8, 4) is 5.75 Å². The molecule has 3 heteroatoms. The standard InChI is InChI=1S/C18H14ClNO/c1-21-18-11-7-13(12-16(18)19)6-9-15-10-8-14-4-2-3-5-17(14)20-15/h2-12H,1H3. The molecule has 0 aliphatic heterocycles. The highest BCUT2D eigenvalue weighted by atomic mass is 35.5. The first-order chi connectivity index (χ1) is 10.3. The van der Waals surface area contributed by atoms with Crippen LogP contribution in [0.3, 0.4) is 0 Å². The van der Waals surface area contributed by atoms with Crippen LogP contribution < -0.4 is 4.74 Å². The van der Waals surface area contributed by atoms with Gasteiger partial charge in [0.15, 0.2) is 0 Å². The lowest BCUT2D eigenvalue weighted by atomic mass is 10.1. The highest BCUT2D eigenvalue weighted by molar-refractivity contribution is 6.32. The lowest BCUT2D eigenvalue weighted by Crippen LogP contribution is -1.85. The molecular formula is C18H14ClNO. The molecule has 0 atom stereocenters. The summed E-state index contributed by atoms with van der Waals surface area (Å²) in [7, 11) is 1.61. The van der Waals surface area contributed by atoms with E-state index in [0.29, 0.717) is 10.8 Å². The first-order valence-corrected chi connectivity index (χ1v) is 7.01. The second-order valence-corrected chi connectivity index (χ2v) is 5.06. The van der Waals surface area contributed by atoms with E-state index >= 15 is 0 Å². The summed E-state index contributed by atoms with van der Waals surface area (Å²) in [6.07, 6.45) is 3.97. The van der Waals surface area contributed by atoms with E-state index in [1.807, 2.05) is 54.6 Å². The Hall–Kier alpha value is -2.32. The number of aromatic nitrogens is 1. The minimum absolute atomic E-state index is 0.603. The van der Waals surface area contributed by atoms with Crippen molar-refractivity contribution in [2.45, 2.75) is 0 Å². The molecule has 0 aliphatic rings. The van der Waals surface area contributed by atoms with Crippen LogP contribution in [0.1, 0.15) is 11.3 Å². The van der Waals surface area contributed by atoms with Crippen molar-refractivity contribution in [1.82, 2.24) is 4.98 Å². The lowest BCUT2D eigenvalue weighted by molar-refractivity contribution is 0.415. The zero-order valence-electron chi connectivity index (χ0n) is 11.6. The van der Waals surface area contributed by atoms with Gasteiger partial charge in [-0.05, 0) is 35.9 Å². The molecule has 0 unspecified atom stereocenters. The van der Waals surface area contributed by atoms with Gasteiger partial charge in [-0.1, -0.05) is 48.0 Å². The van der Waals surface area contributed by atoms with Crippen LogP contribution in [-0.4, -0.2) is 12.1 Å². The van der Waals surface area contributed by atoms with Crippen molar-refractivity contribution in [3.05, 3.63) is 70.9 Å². The molecule has 1 aromatic heterocycles. The summed E-state index contributed by atoms with van der Waals surface area (Å²) < 4.78 is 5.14. The number of fused-ring (bicyclic) bond motifs is 1. The van der Waals surface area contributed by atoms with E-state index in [0.717, 1.165) is 22.2 Å². The van der Waals surface area contributed by atoms with Crippen molar-refractivity contribution in [3.63, 3.8) is 0 Å². The summed E-state index contributed by atoms with van der Waals surface area (Å²) in [5.74, 6) is 0.678. The minimum Gasteiger partial charge on any atom is -0.495 e. The van der Waals surface area contributed by atoms with Crippen molar-refractivity contribution in [1.29, 1.82) is 0 Å². The van der Waals surface area contributed by atoms with Gasteiger partial charge in [-0.15, -0.1) is 0 Å². The van der Waals surface area contributed by atoms with Crippen molar-refractivity contribution < 1.29 is 4.74 Å². The lowest BCUT2D eigenvalue weighted by Gasteiger charge is -2.03. The Morgan fingerprint density at radius 3 is 2.67 bits per heavy atom. The van der Waals surface area contributed by atoms with Crippen LogP contribution in [0.5, 0.6) is 5.75 Å². The van der Waals surface area contributed by atoms with Gasteiger partial charge < -0.3 is 4.74 Å². The van der Waals surface area contributed by atoms with Crippen molar-refractivity contribution in [2.24, 2.45) is 0 Å². The van der Waals surface area contributed by atoms with E-state index in [2.05, 4.69) is 17.1 Å². The molecule has 2 nitrogen and oxygen atoms in total. The monoisotopic (exact) mass is 295 g/mol. The Morgan fingerprint density at radius 1 is 1.00 bits per heavy atom. The molecule has 1 heterocycles. The van der Waals surface area contributed by atoms with Crippen molar-refractivity contribution in [2.75, 3.05) is 7.11 Å². The highest BCUT2D eigenvalue weighted by Gasteiger charge is 2.00. The maximum atomic E-state index is 6.11. The van der Waals surface area contributed by atoms with Crippen LogP contribution in [0.15, 0.2) is 54.6 Å². The van der Waals surface area contributed by atoms with E-state index in [9.17, 15) is 0 Å². The Morgan fingerprint density at radius 2 is 1.86 bits per heavy atom. The van der Waals surface area contributed by atoms with Crippen LogP contribution in [0.4, 0.5) is 0 Å². The number of benzene rings is 2. The summed E-state index contributed by atoms with van der Waals surface area (Å²) >= 11 is 6.11. The second kappa shape index (κ2) is 5.98. The molecule has 0 spiro atoms. The van der Waals surface area contributed by atoms with Gasteiger partial charge in [0.05, 0.1) is 23.3 Å². The van der Waals surface area contributed by atoms with Gasteiger partial charge in [0, 0.05) is 5.39 Å². The average Bonchev–Trinajstić information content (AvgIpc) is 2.53. The fourth-order valence-electron chi connectivity index (χ4n) is 2.14. The molecule has 0 amide bonds. The first kappa shape index (κ1) is 13.7. The van der Waals surface area contributed by atoms with E-state index in [-0.39, 0.29) is 0 Å². The summed E-state index contributed by atoms with van der Waals surface area (Å²) in [5, 5.41) is 1.74. The number of methoxy groups -OCH3 is 1. The second-order valence-electron chi connectivity index (χ2n) is 4.66. The molecule has 3 rings (SSSR count). The number of hydrogen-bond acceptors (Lipinski definition) is 2. The largest absolute Gasteiger partial charge is 0.495 e. The molecule has 0 bridgehead atoms. The number of pyridine rings is 1. The van der Waals surface area contributed by atoms with Gasteiger partial charge in [-0.3, -0.25) is 0 Å². The topological polar surface area (TPSA) is 22.1 Å². The van der Waals surface area contributed by atoms with Gasteiger partial charge in [0.1, 0.15) is 5.75 Å². The molecular weight excluding hydrogens is 282 g/mol. The van der Waals surface area contributed by atoms with Gasteiger partial charge >= 0.3 is 0 Å². The van der Waals surface area contributed by atoms with Gasteiger partial charge in [-0.2, -0.15) is 0 Å². The molecule has 0 saturated heterocycles. The average molecular weight is 296 g/mol. The van der Waals surface area contributed by atoms with Crippen LogP contribution >= 0.6 is 11.6 Å². The number of rotatable bonds is 3. The van der Waals surface area contributed by atoms with E-state index in [1.165, 1.54) is 0 Å². The Kier molecular flexibility index (Phi) is 3.89. The molecule has 0 N–H and O–H groups in total. The number of halogens is 1. The summed E-state index contributed by atoms with van der Waals surface area (Å²) in [6.45, 7) is 0. The molecule has 0 fully saturated rings. The third-order valence-electron chi connectivity index (χ3n) is 3.24. The predicted molar refractivity (Wildman–Crippen MR) is 88.7 cm³/mol. The number of ether oxygens (including phenoxy) is 1. The number of para-hydroxylation sites is 1. The fraction of sp³-hybridized carbons (Fsp3) is 0.0556. The van der Waals surface area contributed by atoms with Crippen LogP contribution in [0.25, 0.3) is 23.1 Å². The maximum Gasteiger partial charge on any atom is 0.137 e. The van der Waals surface area contributed by atoms with Gasteiger partial charge in [-0.25, -0.2) is 4.98 Å². The van der Waals surface area contributed by atoms with Gasteiger partial charge in [0.25, 0.3) is 0 Å². The van der Waals surface area contributed by atoms with Crippen LogP contribution in [-0.2, 0) is 0 Å². The highest BCUT2D eigenvalue weighted by Crippen LogP contribution is 2.25. The molecule has 0 saturated carbocycles. The third kappa shape index (κ3) is 3.06. The summed E-state index contributed by atoms with van der Waals surface area (Å²) in [4.78, 5) is 4.60. The Balaban J connectivity index is 1.88. The zero-order valence-corrected chi connectivity index (χ0v) is 12.3. The van der Waals surface area contributed by atoms with Gasteiger partial charge in [0.2, 0.25) is 0 Å². The molecule has 3 aromatic rings. The fourth-order valence-corrected chi connectivity index (χ4v) is 2.41. The summed E-state index contributed by atoms with van der Waals surface area (Å²) in [5.41, 5.74) is 2.92. The van der Waals surface area contributed by atoms with E-state index in [4.69, 9.17) is 16.3 Å². The molecule has 0 aliphatic carbocycles. The van der Waals surface area contributed by atoms with E-state index in [1.54, 1.807) is 7.11 Å². The van der Waals surface area contributed by atoms with Crippen LogP contribution in [0.2, 0.25) is 5.02 Å². The minimum atomic E-state index is 0.603. The molecule has 0 radical (unpaired) electrons. The van der Waals surface area contributed by atoms with Crippen molar-refractivity contribution >= 4 is 34.7 Å². The SMILES string of the molecule is COc1ccc(C=Cc2ccc3ccccc3n2)cc1Cl. The predicted octanol–water partition coefficient (Wildman–Crippen LogP) is 5.07. The maximum absolute atomic E-state index is 6.11. The Labute approximate surface area is 128 Å². The number of nitrogens with zero attached hydrogens (tertiary/aromatic N) is 1. The quantitative estimate of drug-likeness (QED) is 0.673. The zero-order chi connectivity index (χ0) is 14.7. The van der Waals surface area contributed by atoms with Crippen LogP contribution in [0, 0.1) is 0 Å². The number of hydrogen-bond donors (Lipinski definition) is 0. The normalized spacial score (nSPS) is 11.1. The van der Waals surface area contributed by atoms with E-state index < -0.39 is 0 Å². The smallest absolute Gasteiger partial charge is 0.137 e. The molecule has 104 valence electrons. The molecule has 21 heavy (non-hydrogen) atoms. The Bertz CT molecular complexity index is 811.